The van der Waals surface area contributed by atoms with Crippen molar-refractivity contribution >= 4 is 29.6 Å². The van der Waals surface area contributed by atoms with E-state index >= 15 is 0 Å². The molecule has 17 heteroatoms. The Balaban J connectivity index is 2.11. The molecule has 5 atom stereocenters. The number of carbonyl (C=O) groups is 4. The minimum absolute atomic E-state index is 0.0475. The van der Waals surface area contributed by atoms with Crippen LogP contribution in [0.2, 0.25) is 0 Å². The van der Waals surface area contributed by atoms with Crippen LogP contribution in [0.5, 0.6) is 0 Å². The lowest BCUT2D eigenvalue weighted by molar-refractivity contribution is -0.376. The number of carbonyl (C=O) groups excluding carboxylic acids is 4. The molecule has 0 aromatic heterocycles. The van der Waals surface area contributed by atoms with Gasteiger partial charge < -0.3 is 33.7 Å². The fraction of sp³-hybridized carbons (Fsp3) is 0.600. The molecule has 2 aliphatic heterocycles. The van der Waals surface area contributed by atoms with Gasteiger partial charge >= 0.3 is 36.2 Å². The Morgan fingerprint density at radius 3 is 1.88 bits per heavy atom. The molecule has 0 bridgehead atoms. The third-order valence-corrected chi connectivity index (χ3v) is 6.52. The molecule has 0 unspecified atom stereocenters. The van der Waals surface area contributed by atoms with Crippen LogP contribution in [0, 0.1) is 0 Å². The molecule has 3 rings (SSSR count). The SMILES string of the molecule is CC(=O)OC[C@@H]1O[C@@H](N2CCc3cc(C(O)(C(F)(F)F)C(F)(F)F)ccc32)[C@@H](OC(C)=O)[C@@H](OC(C)=O)[C@H]1OC(C)=O. The summed E-state index contributed by atoms with van der Waals surface area (Å²) in [5.74, 6) is -3.43. The van der Waals surface area contributed by atoms with Gasteiger partial charge in [0.05, 0.1) is 0 Å². The highest BCUT2D eigenvalue weighted by Crippen LogP contribution is 2.51. The first kappa shape index (κ1) is 32.9. The monoisotopic (exact) mass is 615 g/mol. The van der Waals surface area contributed by atoms with Crippen molar-refractivity contribution in [2.45, 2.75) is 82.7 Å². The zero-order valence-corrected chi connectivity index (χ0v) is 22.6. The second-order valence-electron chi connectivity index (χ2n) is 9.58. The van der Waals surface area contributed by atoms with Gasteiger partial charge in [0.25, 0.3) is 5.60 Å². The number of fused-ring (bicyclic) bond motifs is 1. The second kappa shape index (κ2) is 11.9. The predicted octanol–water partition coefficient (Wildman–Crippen LogP) is 2.44. The Kier molecular flexibility index (Phi) is 9.36. The summed E-state index contributed by atoms with van der Waals surface area (Å²) in [6.45, 7) is 3.46. The Labute approximate surface area is 234 Å². The predicted molar refractivity (Wildman–Crippen MR) is 125 cm³/mol. The van der Waals surface area contributed by atoms with Crippen molar-refractivity contribution in [3.8, 4) is 0 Å². The molecule has 1 aromatic rings. The lowest BCUT2D eigenvalue weighted by atomic mass is 9.90. The zero-order chi connectivity index (χ0) is 31.8. The molecule has 234 valence electrons. The molecule has 1 aromatic carbocycles. The summed E-state index contributed by atoms with van der Waals surface area (Å²) in [5.41, 5.74) is -6.63. The van der Waals surface area contributed by atoms with Crippen molar-refractivity contribution in [1.82, 2.24) is 0 Å². The summed E-state index contributed by atoms with van der Waals surface area (Å²) >= 11 is 0. The van der Waals surface area contributed by atoms with Gasteiger partial charge in [0.1, 0.15) is 12.7 Å². The fourth-order valence-corrected chi connectivity index (χ4v) is 4.86. The van der Waals surface area contributed by atoms with E-state index in [0.717, 1.165) is 33.8 Å². The van der Waals surface area contributed by atoms with E-state index < -0.39 is 84.6 Å². The maximum Gasteiger partial charge on any atom is 0.430 e. The van der Waals surface area contributed by atoms with Gasteiger partial charge in [0.2, 0.25) is 0 Å². The first-order valence-electron chi connectivity index (χ1n) is 12.3. The van der Waals surface area contributed by atoms with Gasteiger partial charge in [-0.15, -0.1) is 0 Å². The topological polar surface area (TPSA) is 138 Å². The van der Waals surface area contributed by atoms with Crippen molar-refractivity contribution in [1.29, 1.82) is 0 Å². The van der Waals surface area contributed by atoms with Crippen molar-refractivity contribution in [2.75, 3.05) is 18.1 Å². The molecule has 0 spiro atoms. The highest BCUT2D eigenvalue weighted by atomic mass is 19.4. The third kappa shape index (κ3) is 6.56. The van der Waals surface area contributed by atoms with Crippen molar-refractivity contribution in [3.63, 3.8) is 0 Å². The van der Waals surface area contributed by atoms with Crippen molar-refractivity contribution < 1.29 is 74.3 Å². The van der Waals surface area contributed by atoms with Crippen LogP contribution in [0.1, 0.15) is 38.8 Å². The van der Waals surface area contributed by atoms with E-state index in [4.69, 9.17) is 23.7 Å². The summed E-state index contributed by atoms with van der Waals surface area (Å²) < 4.78 is 108. The maximum atomic E-state index is 13.5. The van der Waals surface area contributed by atoms with Crippen molar-refractivity contribution in [3.05, 3.63) is 29.3 Å². The van der Waals surface area contributed by atoms with Gasteiger partial charge in [-0.2, -0.15) is 26.3 Å². The van der Waals surface area contributed by atoms with Crippen molar-refractivity contribution in [2.24, 2.45) is 0 Å². The summed E-state index contributed by atoms with van der Waals surface area (Å²) in [6.07, 6.45) is -19.7. The Bertz CT molecular complexity index is 1210. The number of alkyl halides is 6. The number of anilines is 1. The quantitative estimate of drug-likeness (QED) is 0.275. The van der Waals surface area contributed by atoms with Crippen LogP contribution in [0.4, 0.5) is 32.0 Å². The number of benzene rings is 1. The normalized spacial score (nSPS) is 24.5. The highest BCUT2D eigenvalue weighted by molar-refractivity contribution is 5.69. The molecule has 0 aliphatic carbocycles. The number of esters is 4. The summed E-state index contributed by atoms with van der Waals surface area (Å²) in [6, 6.07) is 1.90. The number of halogens is 6. The smallest absolute Gasteiger partial charge is 0.430 e. The molecule has 1 saturated heterocycles. The van der Waals surface area contributed by atoms with E-state index in [1.165, 1.54) is 4.90 Å². The lowest BCUT2D eigenvalue weighted by Crippen LogP contribution is -2.66. The summed E-state index contributed by atoms with van der Waals surface area (Å²) in [5, 5.41) is 9.82. The van der Waals surface area contributed by atoms with E-state index in [1.54, 1.807) is 0 Å². The van der Waals surface area contributed by atoms with Crippen LogP contribution >= 0.6 is 0 Å². The summed E-state index contributed by atoms with van der Waals surface area (Å²) in [7, 11) is 0. The number of ether oxygens (including phenoxy) is 5. The van der Waals surface area contributed by atoms with Gasteiger partial charge in [-0.25, -0.2) is 0 Å². The molecule has 2 aliphatic rings. The molecule has 11 nitrogen and oxygen atoms in total. The Morgan fingerprint density at radius 1 is 0.857 bits per heavy atom. The molecule has 1 N–H and O–H groups in total. The van der Waals surface area contributed by atoms with Crippen LogP contribution in [0.3, 0.4) is 0 Å². The van der Waals surface area contributed by atoms with Crippen LogP contribution < -0.4 is 4.90 Å². The molecule has 42 heavy (non-hydrogen) atoms. The lowest BCUT2D eigenvalue weighted by Gasteiger charge is -2.47. The van der Waals surface area contributed by atoms with Crippen LogP contribution in [0.25, 0.3) is 0 Å². The van der Waals surface area contributed by atoms with E-state index in [2.05, 4.69) is 0 Å². The fourth-order valence-electron chi connectivity index (χ4n) is 4.86. The summed E-state index contributed by atoms with van der Waals surface area (Å²) in [4.78, 5) is 48.8. The minimum atomic E-state index is -6.10. The van der Waals surface area contributed by atoms with Gasteiger partial charge in [0, 0.05) is 45.5 Å². The largest absolute Gasteiger partial charge is 0.463 e. The van der Waals surface area contributed by atoms with Gasteiger partial charge in [-0.1, -0.05) is 12.1 Å². The van der Waals surface area contributed by atoms with Crippen LogP contribution in [-0.4, -0.2) is 85.1 Å². The van der Waals surface area contributed by atoms with Gasteiger partial charge in [-0.3, -0.25) is 19.2 Å². The van der Waals surface area contributed by atoms with Crippen LogP contribution in [-0.2, 0) is 54.9 Å². The van der Waals surface area contributed by atoms with E-state index in [0.29, 0.717) is 12.1 Å². The van der Waals surface area contributed by atoms with E-state index in [1.807, 2.05) is 0 Å². The number of aliphatic hydroxyl groups is 1. The number of nitrogens with zero attached hydrogens (tertiary/aromatic N) is 1. The molecule has 0 radical (unpaired) electrons. The number of hydrogen-bond donors (Lipinski definition) is 1. The van der Waals surface area contributed by atoms with E-state index in [-0.39, 0.29) is 24.2 Å². The average molecular weight is 615 g/mol. The standard InChI is InChI=1S/C25H27F6NO10/c1-11(33)38-10-18-19(39-12(2)34)20(40-13(3)35)21(41-14(4)36)22(42-18)32-8-7-15-9-16(5-6-17(15)32)23(37,24(26,27)28)25(29,30)31/h5-6,9,18-22,37H,7-8,10H2,1-4H3/t18-,19-,20-,21-,22+/m0/s1. The first-order chi connectivity index (χ1) is 19.3. The molecule has 0 amide bonds. The number of rotatable bonds is 7. The first-order valence-corrected chi connectivity index (χ1v) is 12.3. The maximum absolute atomic E-state index is 13.5. The minimum Gasteiger partial charge on any atom is -0.463 e. The molecular formula is C25H27F6NO10. The Morgan fingerprint density at radius 2 is 1.38 bits per heavy atom. The van der Waals surface area contributed by atoms with Crippen LogP contribution in [0.15, 0.2) is 18.2 Å². The number of hydrogen-bond acceptors (Lipinski definition) is 11. The molecule has 0 saturated carbocycles. The van der Waals surface area contributed by atoms with Gasteiger partial charge in [0.15, 0.2) is 24.5 Å². The third-order valence-electron chi connectivity index (χ3n) is 6.52. The second-order valence-corrected chi connectivity index (χ2v) is 9.58. The zero-order valence-electron chi connectivity index (χ0n) is 22.6. The molecular weight excluding hydrogens is 588 g/mol. The Hall–Kier alpha value is -3.60. The van der Waals surface area contributed by atoms with E-state index in [9.17, 15) is 50.6 Å². The van der Waals surface area contributed by atoms with Gasteiger partial charge in [-0.05, 0) is 18.1 Å². The molecule has 1 fully saturated rings. The highest BCUT2D eigenvalue weighted by Gasteiger charge is 2.71. The average Bonchev–Trinajstić information content (AvgIpc) is 3.25. The molecule has 2 heterocycles.